The summed E-state index contributed by atoms with van der Waals surface area (Å²) in [5.74, 6) is 1.09. The lowest BCUT2D eigenvalue weighted by Gasteiger charge is -2.06. The number of hydrogen-bond acceptors (Lipinski definition) is 7. The van der Waals surface area contributed by atoms with Crippen LogP contribution in [0.15, 0.2) is 48.5 Å². The number of amides is 2. The summed E-state index contributed by atoms with van der Waals surface area (Å²) in [7, 11) is 0. The first-order valence-corrected chi connectivity index (χ1v) is 10.3. The fourth-order valence-electron chi connectivity index (χ4n) is 2.89. The third-order valence-corrected chi connectivity index (χ3v) is 5.40. The summed E-state index contributed by atoms with van der Waals surface area (Å²) in [6, 6.07) is 14.8. The highest BCUT2D eigenvalue weighted by molar-refractivity contribution is 7.13. The van der Waals surface area contributed by atoms with Crippen molar-refractivity contribution >= 4 is 28.8 Å². The van der Waals surface area contributed by atoms with E-state index in [1.54, 1.807) is 0 Å². The molecule has 0 atom stereocenters. The van der Waals surface area contributed by atoms with Crippen LogP contribution < -0.4 is 20.1 Å². The van der Waals surface area contributed by atoms with Crippen LogP contribution in [-0.4, -0.2) is 28.8 Å². The zero-order chi connectivity index (χ0) is 20.8. The number of anilines is 1. The fourth-order valence-corrected chi connectivity index (χ4v) is 3.67. The van der Waals surface area contributed by atoms with E-state index in [1.807, 2.05) is 48.5 Å². The summed E-state index contributed by atoms with van der Waals surface area (Å²) < 4.78 is 10.6. The van der Waals surface area contributed by atoms with Gasteiger partial charge < -0.3 is 20.1 Å². The van der Waals surface area contributed by atoms with Crippen molar-refractivity contribution in [2.24, 2.45) is 0 Å². The lowest BCUT2D eigenvalue weighted by atomic mass is 10.2. The van der Waals surface area contributed by atoms with Gasteiger partial charge in [0.05, 0.1) is 0 Å². The van der Waals surface area contributed by atoms with E-state index in [9.17, 15) is 9.59 Å². The number of nitrogens with zero attached hydrogens (tertiary/aromatic N) is 2. The quantitative estimate of drug-likeness (QED) is 0.576. The molecule has 0 unspecified atom stereocenters. The Bertz CT molecular complexity index is 1040. The number of carbonyl (C=O) groups is 2. The second-order valence-corrected chi connectivity index (χ2v) is 7.70. The van der Waals surface area contributed by atoms with Crippen molar-refractivity contribution in [3.8, 4) is 11.5 Å². The van der Waals surface area contributed by atoms with Gasteiger partial charge in [-0.1, -0.05) is 35.6 Å². The molecule has 0 bridgehead atoms. The van der Waals surface area contributed by atoms with Crippen molar-refractivity contribution in [3.05, 3.63) is 64.1 Å². The maximum Gasteiger partial charge on any atom is 0.286 e. The van der Waals surface area contributed by atoms with Crippen molar-refractivity contribution in [1.29, 1.82) is 0 Å². The van der Waals surface area contributed by atoms with Crippen molar-refractivity contribution in [2.75, 3.05) is 12.1 Å². The topological polar surface area (TPSA) is 102 Å². The molecule has 2 aromatic carbocycles. The van der Waals surface area contributed by atoms with Gasteiger partial charge >= 0.3 is 0 Å². The molecule has 0 fully saturated rings. The highest BCUT2D eigenvalue weighted by Gasteiger charge is 2.15. The number of carbonyl (C=O) groups excluding carboxylic acids is 2. The molecule has 1 aliphatic heterocycles. The third-order valence-electron chi connectivity index (χ3n) is 4.41. The Morgan fingerprint density at radius 1 is 1.03 bits per heavy atom. The molecule has 30 heavy (non-hydrogen) atoms. The van der Waals surface area contributed by atoms with E-state index < -0.39 is 0 Å². The molecule has 0 radical (unpaired) electrons. The molecular formula is C21H20N4O4S. The molecule has 8 nitrogen and oxygen atoms in total. The summed E-state index contributed by atoms with van der Waals surface area (Å²) in [6.07, 6.45) is 1.59. The van der Waals surface area contributed by atoms with Gasteiger partial charge in [0.2, 0.25) is 17.7 Å². The number of ether oxygens (including phenoxy) is 2. The van der Waals surface area contributed by atoms with Crippen LogP contribution in [0.1, 0.15) is 33.2 Å². The third kappa shape index (κ3) is 5.12. The van der Waals surface area contributed by atoms with Crippen LogP contribution >= 0.6 is 11.3 Å². The van der Waals surface area contributed by atoms with Crippen LogP contribution in [-0.2, 0) is 17.8 Å². The zero-order valence-electron chi connectivity index (χ0n) is 16.1. The Morgan fingerprint density at radius 3 is 2.73 bits per heavy atom. The van der Waals surface area contributed by atoms with Gasteiger partial charge in [0, 0.05) is 25.1 Å². The number of fused-ring (bicyclic) bond motifs is 1. The molecule has 0 saturated carbocycles. The van der Waals surface area contributed by atoms with Crippen molar-refractivity contribution < 1.29 is 19.1 Å². The first-order chi connectivity index (χ1) is 14.7. The van der Waals surface area contributed by atoms with Gasteiger partial charge in [0.15, 0.2) is 11.5 Å². The number of para-hydroxylation sites is 1. The molecule has 0 saturated heterocycles. The fraction of sp³-hybridized carbons (Fsp3) is 0.238. The lowest BCUT2D eigenvalue weighted by molar-refractivity contribution is -0.121. The Balaban J connectivity index is 1.19. The lowest BCUT2D eigenvalue weighted by Crippen LogP contribution is -2.22. The highest BCUT2D eigenvalue weighted by Crippen LogP contribution is 2.32. The summed E-state index contributed by atoms with van der Waals surface area (Å²) in [5, 5.41) is 14.7. The molecule has 2 heterocycles. The van der Waals surface area contributed by atoms with Gasteiger partial charge in [-0.05, 0) is 36.2 Å². The second kappa shape index (κ2) is 9.36. The first-order valence-electron chi connectivity index (χ1n) is 9.51. The van der Waals surface area contributed by atoms with Crippen LogP contribution in [0.5, 0.6) is 11.5 Å². The van der Waals surface area contributed by atoms with Crippen LogP contribution in [0.25, 0.3) is 0 Å². The highest BCUT2D eigenvalue weighted by atomic mass is 32.1. The minimum atomic E-state index is -0.286. The van der Waals surface area contributed by atoms with E-state index in [1.165, 1.54) is 11.3 Å². The van der Waals surface area contributed by atoms with E-state index in [2.05, 4.69) is 20.8 Å². The molecule has 1 aliphatic rings. The SMILES string of the molecule is O=C(CCCc1nnc(C(=O)Nc2ccccc2)s1)NCc1ccc2c(c1)OCO2. The molecule has 3 aromatic rings. The Kier molecular flexibility index (Phi) is 6.19. The summed E-state index contributed by atoms with van der Waals surface area (Å²) in [4.78, 5) is 24.3. The number of nitrogens with one attached hydrogen (secondary N) is 2. The molecule has 1 aromatic heterocycles. The number of aryl methyl sites for hydroxylation is 1. The Hall–Kier alpha value is -3.46. The van der Waals surface area contributed by atoms with Crippen LogP contribution in [0.4, 0.5) is 5.69 Å². The maximum absolute atomic E-state index is 12.2. The van der Waals surface area contributed by atoms with Gasteiger partial charge in [0.25, 0.3) is 5.91 Å². The molecule has 4 rings (SSSR count). The normalized spacial score (nSPS) is 11.9. The first kappa shape index (κ1) is 19.8. The van der Waals surface area contributed by atoms with E-state index in [0.717, 1.165) is 16.3 Å². The molecule has 2 amide bonds. The van der Waals surface area contributed by atoms with E-state index >= 15 is 0 Å². The Morgan fingerprint density at radius 2 is 1.87 bits per heavy atom. The maximum atomic E-state index is 12.2. The van der Waals surface area contributed by atoms with Gasteiger partial charge in [-0.25, -0.2) is 0 Å². The van der Waals surface area contributed by atoms with E-state index in [-0.39, 0.29) is 18.6 Å². The zero-order valence-corrected chi connectivity index (χ0v) is 16.9. The number of rotatable bonds is 8. The van der Waals surface area contributed by atoms with Gasteiger partial charge in [-0.15, -0.1) is 10.2 Å². The van der Waals surface area contributed by atoms with Gasteiger partial charge in [-0.2, -0.15) is 0 Å². The average Bonchev–Trinajstić information content (AvgIpc) is 3.42. The Labute approximate surface area is 177 Å². The molecule has 0 spiro atoms. The number of benzene rings is 2. The van der Waals surface area contributed by atoms with E-state index in [4.69, 9.17) is 9.47 Å². The summed E-state index contributed by atoms with van der Waals surface area (Å²) >= 11 is 1.24. The predicted octanol–water partition coefficient (Wildman–Crippen LogP) is 3.16. The number of aromatic nitrogens is 2. The van der Waals surface area contributed by atoms with Crippen molar-refractivity contribution in [1.82, 2.24) is 15.5 Å². The molecule has 0 aliphatic carbocycles. The minimum absolute atomic E-state index is 0.0424. The van der Waals surface area contributed by atoms with Crippen LogP contribution in [0.2, 0.25) is 0 Å². The average molecular weight is 424 g/mol. The monoisotopic (exact) mass is 424 g/mol. The number of hydrogen-bond donors (Lipinski definition) is 2. The predicted molar refractivity (Wildman–Crippen MR) is 112 cm³/mol. The van der Waals surface area contributed by atoms with Gasteiger partial charge in [-0.3, -0.25) is 9.59 Å². The summed E-state index contributed by atoms with van der Waals surface area (Å²) in [6.45, 7) is 0.657. The molecule has 154 valence electrons. The standard InChI is InChI=1S/C21H20N4O4S/c26-18(22-12-14-9-10-16-17(11-14)29-13-28-16)7-4-8-19-24-25-21(30-19)20(27)23-15-5-2-1-3-6-15/h1-3,5-6,9-11H,4,7-8,12-13H2,(H,22,26)(H,23,27). The van der Waals surface area contributed by atoms with Crippen molar-refractivity contribution in [3.63, 3.8) is 0 Å². The van der Waals surface area contributed by atoms with Crippen molar-refractivity contribution in [2.45, 2.75) is 25.8 Å². The molecule has 9 heteroatoms. The molecule has 2 N–H and O–H groups in total. The van der Waals surface area contributed by atoms with Crippen LogP contribution in [0, 0.1) is 0 Å². The van der Waals surface area contributed by atoms with Crippen LogP contribution in [0.3, 0.4) is 0 Å². The minimum Gasteiger partial charge on any atom is -0.454 e. The molecular weight excluding hydrogens is 404 g/mol. The van der Waals surface area contributed by atoms with E-state index in [0.29, 0.717) is 42.3 Å². The smallest absolute Gasteiger partial charge is 0.286 e. The van der Waals surface area contributed by atoms with Gasteiger partial charge in [0.1, 0.15) is 5.01 Å². The largest absolute Gasteiger partial charge is 0.454 e. The second-order valence-electron chi connectivity index (χ2n) is 6.64. The summed E-state index contributed by atoms with van der Waals surface area (Å²) in [5.41, 5.74) is 1.66.